The van der Waals surface area contributed by atoms with Crippen LogP contribution in [0.4, 0.5) is 8.78 Å². The highest BCUT2D eigenvalue weighted by molar-refractivity contribution is 8.00. The van der Waals surface area contributed by atoms with Gasteiger partial charge in [-0.2, -0.15) is 0 Å². The Morgan fingerprint density at radius 2 is 2.12 bits per heavy atom. The second-order valence-corrected chi connectivity index (χ2v) is 5.03. The van der Waals surface area contributed by atoms with Crippen LogP contribution < -0.4 is 0 Å². The van der Waals surface area contributed by atoms with Gasteiger partial charge in [0.25, 0.3) is 0 Å². The van der Waals surface area contributed by atoms with Crippen LogP contribution in [0.2, 0.25) is 0 Å². The average Bonchev–Trinajstić information content (AvgIpc) is 2.23. The van der Waals surface area contributed by atoms with Crippen LogP contribution in [-0.4, -0.2) is 17.8 Å². The number of thioether (sulfide) groups is 1. The molecule has 0 aromatic heterocycles. The van der Waals surface area contributed by atoms with Crippen molar-refractivity contribution in [3.63, 3.8) is 0 Å². The first kappa shape index (κ1) is 14.0. The van der Waals surface area contributed by atoms with Gasteiger partial charge in [0.05, 0.1) is 13.0 Å². The molecule has 0 bridgehead atoms. The highest BCUT2D eigenvalue weighted by Gasteiger charge is 2.12. The Labute approximate surface area is 103 Å². The predicted octanol–water partition coefficient (Wildman–Crippen LogP) is 3.40. The topological polar surface area (TPSA) is 26.3 Å². The van der Waals surface area contributed by atoms with Gasteiger partial charge in [0.15, 0.2) is 11.6 Å². The summed E-state index contributed by atoms with van der Waals surface area (Å²) in [7, 11) is 0. The van der Waals surface area contributed by atoms with Crippen LogP contribution in [0.5, 0.6) is 0 Å². The summed E-state index contributed by atoms with van der Waals surface area (Å²) in [6, 6.07) is 3.70. The Morgan fingerprint density at radius 1 is 1.41 bits per heavy atom. The van der Waals surface area contributed by atoms with Gasteiger partial charge in [-0.1, -0.05) is 6.92 Å². The normalized spacial score (nSPS) is 12.2. The summed E-state index contributed by atoms with van der Waals surface area (Å²) in [6.45, 7) is 3.93. The smallest absolute Gasteiger partial charge is 0.306 e. The third-order valence-corrected chi connectivity index (χ3v) is 3.08. The maximum Gasteiger partial charge on any atom is 0.306 e. The van der Waals surface area contributed by atoms with Crippen molar-refractivity contribution in [1.82, 2.24) is 0 Å². The number of esters is 1. The fourth-order valence-corrected chi connectivity index (χ4v) is 2.28. The molecule has 0 saturated heterocycles. The van der Waals surface area contributed by atoms with E-state index in [1.807, 2.05) is 6.92 Å². The molecule has 5 heteroatoms. The Morgan fingerprint density at radius 3 is 2.71 bits per heavy atom. The highest BCUT2D eigenvalue weighted by atomic mass is 32.2. The largest absolute Gasteiger partial charge is 0.466 e. The van der Waals surface area contributed by atoms with Crippen LogP contribution in [0.3, 0.4) is 0 Å². The Balaban J connectivity index is 2.53. The zero-order chi connectivity index (χ0) is 12.8. The van der Waals surface area contributed by atoms with E-state index < -0.39 is 11.6 Å². The van der Waals surface area contributed by atoms with Crippen molar-refractivity contribution < 1.29 is 18.3 Å². The van der Waals surface area contributed by atoms with Crippen molar-refractivity contribution >= 4 is 17.7 Å². The van der Waals surface area contributed by atoms with Crippen LogP contribution in [-0.2, 0) is 9.53 Å². The van der Waals surface area contributed by atoms with Crippen LogP contribution in [0, 0.1) is 11.6 Å². The molecule has 0 aliphatic rings. The van der Waals surface area contributed by atoms with E-state index in [4.69, 9.17) is 4.74 Å². The molecule has 0 radical (unpaired) electrons. The summed E-state index contributed by atoms with van der Waals surface area (Å²) in [5, 5.41) is -0.0427. The van der Waals surface area contributed by atoms with Gasteiger partial charge < -0.3 is 4.74 Å². The van der Waals surface area contributed by atoms with Gasteiger partial charge in [-0.3, -0.25) is 4.79 Å². The van der Waals surface area contributed by atoms with E-state index in [0.29, 0.717) is 11.5 Å². The maximum absolute atomic E-state index is 12.9. The van der Waals surface area contributed by atoms with E-state index in [-0.39, 0.29) is 17.6 Å². The number of hydrogen-bond acceptors (Lipinski definition) is 3. The number of ether oxygens (including phenoxy) is 1. The first-order chi connectivity index (χ1) is 8.02. The van der Waals surface area contributed by atoms with Crippen molar-refractivity contribution in [3.05, 3.63) is 29.8 Å². The van der Waals surface area contributed by atoms with Crippen LogP contribution in [0.15, 0.2) is 23.1 Å². The zero-order valence-corrected chi connectivity index (χ0v) is 10.5. The summed E-state index contributed by atoms with van der Waals surface area (Å²) < 4.78 is 30.4. The number of hydrogen-bond donors (Lipinski definition) is 0. The molecular weight excluding hydrogens is 246 g/mol. The number of rotatable bonds is 5. The predicted molar refractivity (Wildman–Crippen MR) is 62.9 cm³/mol. The van der Waals surface area contributed by atoms with E-state index >= 15 is 0 Å². The number of carbonyl (C=O) groups excluding carboxylic acids is 1. The molecule has 94 valence electrons. The summed E-state index contributed by atoms with van der Waals surface area (Å²) >= 11 is 1.31. The Kier molecular flexibility index (Phi) is 5.41. The summed E-state index contributed by atoms with van der Waals surface area (Å²) in [6.07, 6.45) is 0.248. The molecule has 1 aromatic carbocycles. The number of benzene rings is 1. The van der Waals surface area contributed by atoms with Crippen molar-refractivity contribution in [2.45, 2.75) is 30.4 Å². The molecule has 2 nitrogen and oxygen atoms in total. The Hall–Kier alpha value is -1.10. The van der Waals surface area contributed by atoms with Crippen LogP contribution >= 0.6 is 11.8 Å². The van der Waals surface area contributed by atoms with E-state index in [2.05, 4.69) is 0 Å². The summed E-state index contributed by atoms with van der Waals surface area (Å²) in [4.78, 5) is 11.8. The molecule has 0 fully saturated rings. The van der Waals surface area contributed by atoms with Gasteiger partial charge in [-0.15, -0.1) is 11.8 Å². The van der Waals surface area contributed by atoms with Gasteiger partial charge >= 0.3 is 5.97 Å². The average molecular weight is 260 g/mol. The summed E-state index contributed by atoms with van der Waals surface area (Å²) in [5.74, 6) is -2.03. The SMILES string of the molecule is CCOC(=O)CC(C)Sc1ccc(F)c(F)c1. The molecule has 0 aliphatic heterocycles. The first-order valence-electron chi connectivity index (χ1n) is 5.30. The fraction of sp³-hybridized carbons (Fsp3) is 0.417. The molecule has 0 N–H and O–H groups in total. The zero-order valence-electron chi connectivity index (χ0n) is 9.70. The van der Waals surface area contributed by atoms with Gasteiger partial charge in [-0.25, -0.2) is 8.78 Å². The lowest BCUT2D eigenvalue weighted by Crippen LogP contribution is -2.10. The molecule has 0 spiro atoms. The van der Waals surface area contributed by atoms with Gasteiger partial charge in [0.1, 0.15) is 0 Å². The minimum absolute atomic E-state index is 0.0427. The number of halogens is 2. The van der Waals surface area contributed by atoms with Gasteiger partial charge in [0, 0.05) is 10.1 Å². The molecule has 17 heavy (non-hydrogen) atoms. The third kappa shape index (κ3) is 4.73. The summed E-state index contributed by atoms with van der Waals surface area (Å²) in [5.41, 5.74) is 0. The first-order valence-corrected chi connectivity index (χ1v) is 6.18. The lowest BCUT2D eigenvalue weighted by atomic mass is 10.3. The second-order valence-electron chi connectivity index (χ2n) is 3.51. The van der Waals surface area contributed by atoms with Crippen molar-refractivity contribution in [2.75, 3.05) is 6.61 Å². The van der Waals surface area contributed by atoms with E-state index in [1.165, 1.54) is 17.8 Å². The lowest BCUT2D eigenvalue weighted by molar-refractivity contribution is -0.142. The molecule has 1 rings (SSSR count). The van der Waals surface area contributed by atoms with Crippen LogP contribution in [0.25, 0.3) is 0 Å². The lowest BCUT2D eigenvalue weighted by Gasteiger charge is -2.10. The van der Waals surface area contributed by atoms with Crippen molar-refractivity contribution in [1.29, 1.82) is 0 Å². The van der Waals surface area contributed by atoms with Gasteiger partial charge in [0.2, 0.25) is 0 Å². The minimum atomic E-state index is -0.877. The quantitative estimate of drug-likeness (QED) is 0.599. The monoisotopic (exact) mass is 260 g/mol. The molecule has 0 heterocycles. The molecule has 0 aliphatic carbocycles. The fourth-order valence-electron chi connectivity index (χ4n) is 1.28. The Bertz CT molecular complexity index is 396. The van der Waals surface area contributed by atoms with Crippen molar-refractivity contribution in [3.8, 4) is 0 Å². The second kappa shape index (κ2) is 6.59. The van der Waals surface area contributed by atoms with Crippen LogP contribution in [0.1, 0.15) is 20.3 Å². The van der Waals surface area contributed by atoms with E-state index in [1.54, 1.807) is 6.92 Å². The molecule has 1 atom stereocenters. The third-order valence-electron chi connectivity index (χ3n) is 1.99. The van der Waals surface area contributed by atoms with Gasteiger partial charge in [-0.05, 0) is 25.1 Å². The molecule has 1 aromatic rings. The molecular formula is C12H14F2O2S. The highest BCUT2D eigenvalue weighted by Crippen LogP contribution is 2.26. The number of carbonyl (C=O) groups is 1. The molecule has 1 unspecified atom stereocenters. The molecule has 0 amide bonds. The maximum atomic E-state index is 12.9. The van der Waals surface area contributed by atoms with E-state index in [0.717, 1.165) is 12.1 Å². The minimum Gasteiger partial charge on any atom is -0.466 e. The standard InChI is InChI=1S/C12H14F2O2S/c1-3-16-12(15)6-8(2)17-9-4-5-10(13)11(14)7-9/h4-5,7-8H,3,6H2,1-2H3. The molecule has 0 saturated carbocycles. The van der Waals surface area contributed by atoms with E-state index in [9.17, 15) is 13.6 Å². The van der Waals surface area contributed by atoms with Crippen molar-refractivity contribution in [2.24, 2.45) is 0 Å².